The maximum absolute atomic E-state index is 12.9. The van der Waals surface area contributed by atoms with E-state index in [2.05, 4.69) is 34.8 Å². The average molecular weight is 498 g/mol. The summed E-state index contributed by atoms with van der Waals surface area (Å²) in [5, 5.41) is 15.9. The zero-order chi connectivity index (χ0) is 23.1. The van der Waals surface area contributed by atoms with E-state index in [1.165, 1.54) is 4.31 Å². The average Bonchev–Trinajstić information content (AvgIpc) is 3.52. The quantitative estimate of drug-likeness (QED) is 0.485. The summed E-state index contributed by atoms with van der Waals surface area (Å²) in [6, 6.07) is 1.81. The van der Waals surface area contributed by atoms with E-state index in [0.29, 0.717) is 30.4 Å². The fourth-order valence-corrected chi connectivity index (χ4v) is 7.29. The molecule has 0 amide bonds. The number of thiophene rings is 1. The van der Waals surface area contributed by atoms with Crippen molar-refractivity contribution >= 4 is 50.4 Å². The molecule has 0 bridgehead atoms. The number of nitrogens with one attached hydrogen (secondary N) is 1. The largest absolute Gasteiger partial charge is 0.504 e. The highest BCUT2D eigenvalue weighted by atomic mass is 32.2. The number of hydrogen-bond donors (Lipinski definition) is 2. The van der Waals surface area contributed by atoms with E-state index in [1.807, 2.05) is 6.07 Å². The molecule has 12 heteroatoms. The first-order valence-electron chi connectivity index (χ1n) is 10.3. The molecule has 4 rings (SSSR count). The Morgan fingerprint density at radius 1 is 1.28 bits per heavy atom. The maximum Gasteiger partial charge on any atom is 0.256 e. The molecule has 3 aromatic heterocycles. The van der Waals surface area contributed by atoms with E-state index in [0.717, 1.165) is 41.5 Å². The van der Waals surface area contributed by atoms with Gasteiger partial charge in [-0.15, -0.1) is 11.3 Å². The number of rotatable bonds is 7. The number of furan rings is 1. The molecule has 0 radical (unpaired) electrons. The van der Waals surface area contributed by atoms with Gasteiger partial charge in [-0.1, -0.05) is 20.8 Å². The van der Waals surface area contributed by atoms with Gasteiger partial charge in [0.25, 0.3) is 10.0 Å². The van der Waals surface area contributed by atoms with Gasteiger partial charge in [0.2, 0.25) is 0 Å². The topological polar surface area (TPSA) is 112 Å². The van der Waals surface area contributed by atoms with Crippen LogP contribution in [0.4, 0.5) is 17.3 Å². The third-order valence-corrected chi connectivity index (χ3v) is 9.42. The number of nitrogens with zero attached hydrogens (tertiary/aromatic N) is 4. The van der Waals surface area contributed by atoms with Gasteiger partial charge < -0.3 is 19.7 Å². The number of sulfonamides is 1. The smallest absolute Gasteiger partial charge is 0.256 e. The zero-order valence-corrected chi connectivity index (χ0v) is 20.9. The van der Waals surface area contributed by atoms with Gasteiger partial charge in [0, 0.05) is 31.1 Å². The van der Waals surface area contributed by atoms with Gasteiger partial charge in [-0.3, -0.25) is 0 Å². The molecule has 0 unspecified atom stereocenters. The molecule has 1 saturated heterocycles. The summed E-state index contributed by atoms with van der Waals surface area (Å²) in [6.07, 6.45) is 5.01. The minimum Gasteiger partial charge on any atom is -0.504 e. The molecule has 174 valence electrons. The van der Waals surface area contributed by atoms with Crippen LogP contribution in [0, 0.1) is 5.41 Å². The van der Waals surface area contributed by atoms with Crippen molar-refractivity contribution in [3.8, 4) is 5.75 Å². The summed E-state index contributed by atoms with van der Waals surface area (Å²) in [4.78, 5) is 1.66. The van der Waals surface area contributed by atoms with Gasteiger partial charge in [-0.05, 0) is 24.3 Å². The van der Waals surface area contributed by atoms with Crippen LogP contribution in [-0.2, 0) is 10.0 Å². The SMILES string of the molecule is CN(c1csc(S(=O)(=O)N2CCCC2)c1O)c1nsnc1N[C@@H](c1ccoc1)C(C)(C)C. The maximum atomic E-state index is 12.9. The standard InChI is InChI=1S/C20H27N5O4S3/c1-20(2,3)16(13-7-10-29-11-13)21-17-18(23-31-22-17)24(4)14-12-30-19(15(14)26)32(27,28)25-8-5-6-9-25/h7,10-12,16,26H,5-6,8-9H2,1-4H3,(H,21,22)/t16-/m0/s1. The third-order valence-electron chi connectivity index (χ3n) is 5.53. The van der Waals surface area contributed by atoms with E-state index in [1.54, 1.807) is 29.9 Å². The molecule has 9 nitrogen and oxygen atoms in total. The lowest BCUT2D eigenvalue weighted by atomic mass is 9.83. The zero-order valence-electron chi connectivity index (χ0n) is 18.4. The fraction of sp³-hybridized carbons (Fsp3) is 0.500. The highest BCUT2D eigenvalue weighted by Crippen LogP contribution is 2.45. The predicted molar refractivity (Wildman–Crippen MR) is 126 cm³/mol. The van der Waals surface area contributed by atoms with Crippen LogP contribution in [0.15, 0.2) is 32.6 Å². The van der Waals surface area contributed by atoms with Crippen LogP contribution < -0.4 is 10.2 Å². The van der Waals surface area contributed by atoms with Gasteiger partial charge in [0.05, 0.1) is 36.0 Å². The molecule has 1 aliphatic heterocycles. The summed E-state index contributed by atoms with van der Waals surface area (Å²) in [5.41, 5.74) is 1.21. The summed E-state index contributed by atoms with van der Waals surface area (Å²) < 4.78 is 41.4. The Kier molecular flexibility index (Phi) is 6.23. The Morgan fingerprint density at radius 3 is 2.62 bits per heavy atom. The molecule has 0 saturated carbocycles. The summed E-state index contributed by atoms with van der Waals surface area (Å²) in [5.74, 6) is 0.796. The monoisotopic (exact) mass is 497 g/mol. The summed E-state index contributed by atoms with van der Waals surface area (Å²) in [7, 11) is -1.98. The number of aromatic hydroxyl groups is 1. The number of anilines is 3. The molecule has 1 atom stereocenters. The molecular weight excluding hydrogens is 470 g/mol. The van der Waals surface area contributed by atoms with E-state index in [4.69, 9.17) is 4.42 Å². The van der Waals surface area contributed by atoms with Crippen LogP contribution in [0.25, 0.3) is 0 Å². The molecule has 1 aliphatic rings. The van der Waals surface area contributed by atoms with Crippen LogP contribution in [-0.4, -0.2) is 46.7 Å². The van der Waals surface area contributed by atoms with Gasteiger partial charge in [-0.25, -0.2) is 8.42 Å². The fourth-order valence-electron chi connectivity index (χ4n) is 3.78. The first-order valence-corrected chi connectivity index (χ1v) is 13.3. The minimum atomic E-state index is -3.71. The molecule has 0 aliphatic carbocycles. The van der Waals surface area contributed by atoms with E-state index < -0.39 is 10.0 Å². The molecular formula is C20H27N5O4S3. The molecule has 0 spiro atoms. The van der Waals surface area contributed by atoms with E-state index in [-0.39, 0.29) is 21.4 Å². The second kappa shape index (κ2) is 8.65. The van der Waals surface area contributed by atoms with Crippen LogP contribution in [0.5, 0.6) is 5.75 Å². The molecule has 32 heavy (non-hydrogen) atoms. The van der Waals surface area contributed by atoms with Crippen molar-refractivity contribution in [3.63, 3.8) is 0 Å². The predicted octanol–water partition coefficient (Wildman–Crippen LogP) is 4.65. The van der Waals surface area contributed by atoms with Crippen molar-refractivity contribution in [1.29, 1.82) is 0 Å². The van der Waals surface area contributed by atoms with Crippen LogP contribution in [0.1, 0.15) is 45.2 Å². The molecule has 3 aromatic rings. The van der Waals surface area contributed by atoms with Gasteiger partial charge in [0.1, 0.15) is 0 Å². The first-order chi connectivity index (χ1) is 15.1. The van der Waals surface area contributed by atoms with Gasteiger partial charge >= 0.3 is 0 Å². The van der Waals surface area contributed by atoms with Crippen LogP contribution in [0.3, 0.4) is 0 Å². The van der Waals surface area contributed by atoms with Crippen molar-refractivity contribution in [2.75, 3.05) is 30.4 Å². The van der Waals surface area contributed by atoms with Crippen molar-refractivity contribution < 1.29 is 17.9 Å². The molecule has 0 aromatic carbocycles. The Labute approximate surface area is 196 Å². The molecule has 1 fully saturated rings. The highest BCUT2D eigenvalue weighted by Gasteiger charge is 2.34. The number of aromatic nitrogens is 2. The third kappa shape index (κ3) is 4.24. The summed E-state index contributed by atoms with van der Waals surface area (Å²) in [6.45, 7) is 7.30. The Balaban J connectivity index is 1.63. The lowest BCUT2D eigenvalue weighted by Gasteiger charge is -2.31. The lowest BCUT2D eigenvalue weighted by molar-refractivity contribution is 0.345. The van der Waals surface area contributed by atoms with Crippen molar-refractivity contribution in [3.05, 3.63) is 29.5 Å². The highest BCUT2D eigenvalue weighted by molar-refractivity contribution is 7.91. The normalized spacial score (nSPS) is 16.4. The Hall–Kier alpha value is -2.15. The van der Waals surface area contributed by atoms with E-state index >= 15 is 0 Å². The Bertz CT molecular complexity index is 1160. The summed E-state index contributed by atoms with van der Waals surface area (Å²) >= 11 is 2.06. The van der Waals surface area contributed by atoms with Crippen molar-refractivity contribution in [2.45, 2.75) is 43.9 Å². The van der Waals surface area contributed by atoms with Crippen molar-refractivity contribution in [2.24, 2.45) is 5.41 Å². The molecule has 2 N–H and O–H groups in total. The van der Waals surface area contributed by atoms with E-state index in [9.17, 15) is 13.5 Å². The Morgan fingerprint density at radius 2 is 2.00 bits per heavy atom. The number of hydrogen-bond acceptors (Lipinski definition) is 10. The lowest BCUT2D eigenvalue weighted by Crippen LogP contribution is -2.27. The van der Waals surface area contributed by atoms with Gasteiger partial charge in [-0.2, -0.15) is 13.1 Å². The molecule has 4 heterocycles. The van der Waals surface area contributed by atoms with Gasteiger partial charge in [0.15, 0.2) is 21.6 Å². The van der Waals surface area contributed by atoms with Crippen LogP contribution in [0.2, 0.25) is 0 Å². The van der Waals surface area contributed by atoms with Crippen LogP contribution >= 0.6 is 23.1 Å². The first kappa shape index (κ1) is 23.0. The minimum absolute atomic E-state index is 0.0371. The van der Waals surface area contributed by atoms with Crippen molar-refractivity contribution in [1.82, 2.24) is 13.1 Å². The second-order valence-corrected chi connectivity index (χ2v) is 12.4. The second-order valence-electron chi connectivity index (χ2n) is 8.86.